The van der Waals surface area contributed by atoms with Gasteiger partial charge >= 0.3 is 0 Å². The molecule has 0 bridgehead atoms. The lowest BCUT2D eigenvalue weighted by atomic mass is 10.0. The van der Waals surface area contributed by atoms with Gasteiger partial charge in [0.15, 0.2) is 0 Å². The summed E-state index contributed by atoms with van der Waals surface area (Å²) in [6, 6.07) is 6.39. The third-order valence-corrected chi connectivity index (χ3v) is 3.67. The molecule has 1 heterocycles. The zero-order valence-electron chi connectivity index (χ0n) is 10.4. The first-order chi connectivity index (χ1) is 8.26. The average molecular weight is 235 g/mol. The maximum absolute atomic E-state index is 9.41. The number of piperidine rings is 1. The molecule has 1 aliphatic rings. The van der Waals surface area contributed by atoms with E-state index in [4.69, 9.17) is 5.11 Å². The highest BCUT2D eigenvalue weighted by molar-refractivity contribution is 5.52. The van der Waals surface area contributed by atoms with Crippen LogP contribution in [0.15, 0.2) is 18.2 Å². The van der Waals surface area contributed by atoms with Gasteiger partial charge in [-0.05, 0) is 49.4 Å². The van der Waals surface area contributed by atoms with Crippen molar-refractivity contribution in [3.63, 3.8) is 0 Å². The molecule has 1 unspecified atom stereocenters. The molecule has 0 aliphatic carbocycles. The zero-order chi connectivity index (χ0) is 12.3. The van der Waals surface area contributed by atoms with E-state index in [1.165, 1.54) is 18.5 Å². The van der Waals surface area contributed by atoms with Gasteiger partial charge in [0.05, 0.1) is 19.3 Å². The van der Waals surface area contributed by atoms with Crippen LogP contribution in [-0.2, 0) is 6.61 Å². The molecule has 17 heavy (non-hydrogen) atoms. The van der Waals surface area contributed by atoms with Crippen molar-refractivity contribution in [1.29, 1.82) is 0 Å². The SMILES string of the molecule is Cc1cc(N2CCCCC2CO)ccc1CO. The van der Waals surface area contributed by atoms with Gasteiger partial charge < -0.3 is 15.1 Å². The molecule has 2 rings (SSSR count). The monoisotopic (exact) mass is 235 g/mol. The second kappa shape index (κ2) is 5.52. The molecule has 3 nitrogen and oxygen atoms in total. The first kappa shape index (κ1) is 12.4. The van der Waals surface area contributed by atoms with Gasteiger partial charge in [-0.25, -0.2) is 0 Å². The van der Waals surface area contributed by atoms with Crippen LogP contribution in [0.3, 0.4) is 0 Å². The van der Waals surface area contributed by atoms with Crippen LogP contribution >= 0.6 is 0 Å². The van der Waals surface area contributed by atoms with Crippen molar-refractivity contribution in [3.8, 4) is 0 Å². The molecular weight excluding hydrogens is 214 g/mol. The second-order valence-electron chi connectivity index (χ2n) is 4.79. The number of hydrogen-bond donors (Lipinski definition) is 2. The Balaban J connectivity index is 2.23. The van der Waals surface area contributed by atoms with Crippen LogP contribution in [-0.4, -0.2) is 29.4 Å². The zero-order valence-corrected chi connectivity index (χ0v) is 10.4. The Labute approximate surface area is 103 Å². The van der Waals surface area contributed by atoms with E-state index in [0.717, 1.165) is 24.1 Å². The molecule has 0 spiro atoms. The number of aliphatic hydroxyl groups is 2. The Morgan fingerprint density at radius 2 is 2.12 bits per heavy atom. The van der Waals surface area contributed by atoms with Gasteiger partial charge in [-0.1, -0.05) is 6.07 Å². The molecule has 0 saturated carbocycles. The molecule has 0 radical (unpaired) electrons. The molecule has 1 fully saturated rings. The highest BCUT2D eigenvalue weighted by atomic mass is 16.3. The Bertz CT molecular complexity index is 378. The molecule has 2 N–H and O–H groups in total. The van der Waals surface area contributed by atoms with E-state index in [-0.39, 0.29) is 19.3 Å². The lowest BCUT2D eigenvalue weighted by Crippen LogP contribution is -2.41. The van der Waals surface area contributed by atoms with Crippen LogP contribution in [0.5, 0.6) is 0 Å². The fourth-order valence-corrected chi connectivity index (χ4v) is 2.57. The van der Waals surface area contributed by atoms with Crippen molar-refractivity contribution in [1.82, 2.24) is 0 Å². The van der Waals surface area contributed by atoms with E-state index in [1.807, 2.05) is 19.1 Å². The summed E-state index contributed by atoms with van der Waals surface area (Å²) in [5, 5.41) is 18.6. The highest BCUT2D eigenvalue weighted by Crippen LogP contribution is 2.26. The maximum Gasteiger partial charge on any atom is 0.0684 e. The molecule has 1 aromatic rings. The van der Waals surface area contributed by atoms with E-state index in [2.05, 4.69) is 11.0 Å². The minimum absolute atomic E-state index is 0.0928. The maximum atomic E-state index is 9.41. The lowest BCUT2D eigenvalue weighted by molar-refractivity contribution is 0.240. The predicted octanol–water partition coefficient (Wildman–Crippen LogP) is 1.84. The van der Waals surface area contributed by atoms with Gasteiger partial charge in [-0.15, -0.1) is 0 Å². The number of aryl methyl sites for hydroxylation is 1. The van der Waals surface area contributed by atoms with Crippen LogP contribution < -0.4 is 4.90 Å². The number of anilines is 1. The first-order valence-electron chi connectivity index (χ1n) is 6.34. The summed E-state index contributed by atoms with van der Waals surface area (Å²) in [6.07, 6.45) is 3.46. The summed E-state index contributed by atoms with van der Waals surface area (Å²) < 4.78 is 0. The molecule has 1 aromatic carbocycles. The fraction of sp³-hybridized carbons (Fsp3) is 0.571. The first-order valence-corrected chi connectivity index (χ1v) is 6.34. The van der Waals surface area contributed by atoms with Gasteiger partial charge in [0.2, 0.25) is 0 Å². The number of nitrogens with zero attached hydrogens (tertiary/aromatic N) is 1. The largest absolute Gasteiger partial charge is 0.394 e. The molecular formula is C14H21NO2. The molecule has 1 aliphatic heterocycles. The minimum Gasteiger partial charge on any atom is -0.394 e. The van der Waals surface area contributed by atoms with Crippen LogP contribution in [0.2, 0.25) is 0 Å². The van der Waals surface area contributed by atoms with Crippen LogP contribution in [0.25, 0.3) is 0 Å². The minimum atomic E-state index is 0.0928. The van der Waals surface area contributed by atoms with Crippen molar-refractivity contribution in [2.75, 3.05) is 18.1 Å². The van der Waals surface area contributed by atoms with Gasteiger partial charge in [-0.3, -0.25) is 0 Å². The smallest absolute Gasteiger partial charge is 0.0684 e. The molecule has 3 heteroatoms. The van der Waals surface area contributed by atoms with Gasteiger partial charge in [-0.2, -0.15) is 0 Å². The Hall–Kier alpha value is -1.06. The second-order valence-corrected chi connectivity index (χ2v) is 4.79. The summed E-state index contributed by atoms with van der Waals surface area (Å²) in [5.41, 5.74) is 3.26. The van der Waals surface area contributed by atoms with E-state index in [0.29, 0.717) is 0 Å². The third-order valence-electron chi connectivity index (χ3n) is 3.67. The molecule has 0 amide bonds. The molecule has 1 atom stereocenters. The Kier molecular flexibility index (Phi) is 4.02. The van der Waals surface area contributed by atoms with Crippen molar-refractivity contribution in [3.05, 3.63) is 29.3 Å². The van der Waals surface area contributed by atoms with E-state index < -0.39 is 0 Å². The molecule has 0 aromatic heterocycles. The van der Waals surface area contributed by atoms with Crippen molar-refractivity contribution < 1.29 is 10.2 Å². The topological polar surface area (TPSA) is 43.7 Å². The van der Waals surface area contributed by atoms with Crippen molar-refractivity contribution >= 4 is 5.69 Å². The van der Waals surface area contributed by atoms with Crippen molar-refractivity contribution in [2.24, 2.45) is 0 Å². The molecule has 1 saturated heterocycles. The summed E-state index contributed by atoms with van der Waals surface area (Å²) in [4.78, 5) is 2.29. The number of aliphatic hydroxyl groups excluding tert-OH is 2. The van der Waals surface area contributed by atoms with Crippen LogP contribution in [0.4, 0.5) is 5.69 Å². The van der Waals surface area contributed by atoms with Crippen LogP contribution in [0, 0.1) is 6.92 Å². The van der Waals surface area contributed by atoms with E-state index >= 15 is 0 Å². The Morgan fingerprint density at radius 1 is 1.29 bits per heavy atom. The number of hydrogen-bond acceptors (Lipinski definition) is 3. The lowest BCUT2D eigenvalue weighted by Gasteiger charge is -2.36. The standard InChI is InChI=1S/C14H21NO2/c1-11-8-13(6-5-12(11)9-16)15-7-3-2-4-14(15)10-17/h5-6,8,14,16-17H,2-4,7,9-10H2,1H3. The predicted molar refractivity (Wildman–Crippen MR) is 69.2 cm³/mol. The normalized spacial score (nSPS) is 20.6. The third kappa shape index (κ3) is 2.61. The summed E-state index contributed by atoms with van der Waals surface area (Å²) in [7, 11) is 0. The number of benzene rings is 1. The molecule has 94 valence electrons. The summed E-state index contributed by atoms with van der Waals surface area (Å²) in [5.74, 6) is 0. The highest BCUT2D eigenvalue weighted by Gasteiger charge is 2.21. The Morgan fingerprint density at radius 3 is 2.76 bits per heavy atom. The summed E-state index contributed by atoms with van der Waals surface area (Å²) >= 11 is 0. The van der Waals surface area contributed by atoms with E-state index in [9.17, 15) is 5.11 Å². The van der Waals surface area contributed by atoms with Gasteiger partial charge in [0.25, 0.3) is 0 Å². The summed E-state index contributed by atoms with van der Waals surface area (Å²) in [6.45, 7) is 3.35. The average Bonchev–Trinajstić information content (AvgIpc) is 2.38. The van der Waals surface area contributed by atoms with E-state index in [1.54, 1.807) is 0 Å². The quantitative estimate of drug-likeness (QED) is 0.840. The van der Waals surface area contributed by atoms with Crippen LogP contribution in [0.1, 0.15) is 30.4 Å². The van der Waals surface area contributed by atoms with Gasteiger partial charge in [0.1, 0.15) is 0 Å². The van der Waals surface area contributed by atoms with Gasteiger partial charge in [0, 0.05) is 12.2 Å². The van der Waals surface area contributed by atoms with Crippen molar-refractivity contribution in [2.45, 2.75) is 38.8 Å². The number of rotatable bonds is 3. The fourth-order valence-electron chi connectivity index (χ4n) is 2.57.